The molecule has 0 aromatic heterocycles. The van der Waals surface area contributed by atoms with Crippen LogP contribution < -0.4 is 15.8 Å². The lowest BCUT2D eigenvalue weighted by molar-refractivity contribution is -0.123. The number of benzene rings is 2. The van der Waals surface area contributed by atoms with E-state index in [0.29, 0.717) is 6.54 Å². The minimum absolute atomic E-state index is 0.0334. The van der Waals surface area contributed by atoms with Crippen molar-refractivity contribution in [2.75, 3.05) is 18.9 Å². The molecule has 116 valence electrons. The molecule has 1 amide bonds. The third kappa shape index (κ3) is 4.81. The predicted molar refractivity (Wildman–Crippen MR) is 89.0 cm³/mol. The minimum atomic E-state index is -0.115. The van der Waals surface area contributed by atoms with E-state index in [1.807, 2.05) is 56.3 Å². The van der Waals surface area contributed by atoms with Crippen molar-refractivity contribution < 1.29 is 9.53 Å². The maximum absolute atomic E-state index is 11.8. The molecular weight excluding hydrogens is 276 g/mol. The van der Waals surface area contributed by atoms with Crippen LogP contribution in [0.25, 0.3) is 0 Å². The largest absolute Gasteiger partial charge is 0.484 e. The normalized spacial score (nSPS) is 10.3. The second kappa shape index (κ2) is 7.50. The first-order chi connectivity index (χ1) is 10.5. The highest BCUT2D eigenvalue weighted by molar-refractivity contribution is 5.77. The van der Waals surface area contributed by atoms with Gasteiger partial charge >= 0.3 is 0 Å². The molecule has 4 heteroatoms. The highest BCUT2D eigenvalue weighted by Gasteiger charge is 2.04. The quantitative estimate of drug-likeness (QED) is 0.806. The van der Waals surface area contributed by atoms with E-state index in [1.54, 1.807) is 0 Å². The molecule has 0 aliphatic carbocycles. The fraction of sp³-hybridized carbons (Fsp3) is 0.278. The summed E-state index contributed by atoms with van der Waals surface area (Å²) in [7, 11) is 0. The molecule has 0 aliphatic heterocycles. The number of carbonyl (C=O) groups is 1. The van der Waals surface area contributed by atoms with Crippen LogP contribution >= 0.6 is 0 Å². The number of nitrogens with two attached hydrogens (primary N) is 1. The number of aryl methyl sites for hydroxylation is 2. The summed E-state index contributed by atoms with van der Waals surface area (Å²) in [6.07, 6.45) is 0.773. The number of hydrogen-bond acceptors (Lipinski definition) is 3. The smallest absolute Gasteiger partial charge is 0.257 e. The molecule has 2 aromatic carbocycles. The van der Waals surface area contributed by atoms with Crippen LogP contribution in [0.1, 0.15) is 16.7 Å². The van der Waals surface area contributed by atoms with Gasteiger partial charge in [0, 0.05) is 12.2 Å². The number of nitrogens with one attached hydrogen (secondary N) is 1. The molecule has 2 rings (SSSR count). The molecule has 0 saturated heterocycles. The van der Waals surface area contributed by atoms with Gasteiger partial charge in [0.2, 0.25) is 0 Å². The van der Waals surface area contributed by atoms with Gasteiger partial charge in [-0.05, 0) is 49.6 Å². The lowest BCUT2D eigenvalue weighted by atomic mass is 10.1. The van der Waals surface area contributed by atoms with Gasteiger partial charge in [-0.15, -0.1) is 0 Å². The Balaban J connectivity index is 1.72. The highest BCUT2D eigenvalue weighted by Crippen LogP contribution is 2.18. The van der Waals surface area contributed by atoms with Crippen LogP contribution in [0.5, 0.6) is 5.75 Å². The van der Waals surface area contributed by atoms with Gasteiger partial charge in [0.1, 0.15) is 5.75 Å². The predicted octanol–water partition coefficient (Wildman–Crippen LogP) is 2.62. The standard InChI is InChI=1S/C18H22N2O2/c1-13-3-8-17(14(2)11-13)22-12-18(21)20-10-9-15-4-6-16(19)7-5-15/h3-8,11H,9-10,12,19H2,1-2H3,(H,20,21). The average molecular weight is 298 g/mol. The van der Waals surface area contributed by atoms with E-state index < -0.39 is 0 Å². The third-order valence-electron chi connectivity index (χ3n) is 3.40. The number of hydrogen-bond donors (Lipinski definition) is 2. The van der Waals surface area contributed by atoms with Crippen LogP contribution in [0.2, 0.25) is 0 Å². The Hall–Kier alpha value is -2.49. The Morgan fingerprint density at radius 1 is 1.14 bits per heavy atom. The van der Waals surface area contributed by atoms with E-state index in [9.17, 15) is 4.79 Å². The molecule has 3 N–H and O–H groups in total. The van der Waals surface area contributed by atoms with Gasteiger partial charge < -0.3 is 15.8 Å². The van der Waals surface area contributed by atoms with Gasteiger partial charge in [-0.2, -0.15) is 0 Å². The summed E-state index contributed by atoms with van der Waals surface area (Å²) in [5, 5.41) is 2.85. The summed E-state index contributed by atoms with van der Waals surface area (Å²) in [6.45, 7) is 4.62. The fourth-order valence-electron chi connectivity index (χ4n) is 2.19. The van der Waals surface area contributed by atoms with E-state index in [0.717, 1.165) is 29.0 Å². The molecule has 0 radical (unpaired) electrons. The second-order valence-corrected chi connectivity index (χ2v) is 5.40. The van der Waals surface area contributed by atoms with Crippen molar-refractivity contribution in [1.29, 1.82) is 0 Å². The van der Waals surface area contributed by atoms with Crippen molar-refractivity contribution in [3.8, 4) is 5.75 Å². The van der Waals surface area contributed by atoms with E-state index in [2.05, 4.69) is 5.32 Å². The van der Waals surface area contributed by atoms with Gasteiger partial charge in [0.25, 0.3) is 5.91 Å². The average Bonchev–Trinajstić information content (AvgIpc) is 2.48. The van der Waals surface area contributed by atoms with Crippen molar-refractivity contribution in [1.82, 2.24) is 5.32 Å². The Morgan fingerprint density at radius 2 is 1.86 bits per heavy atom. The Bertz CT molecular complexity index is 636. The zero-order valence-electron chi connectivity index (χ0n) is 13.1. The minimum Gasteiger partial charge on any atom is -0.484 e. The number of rotatable bonds is 6. The maximum Gasteiger partial charge on any atom is 0.257 e. The zero-order valence-corrected chi connectivity index (χ0v) is 13.1. The van der Waals surface area contributed by atoms with E-state index in [-0.39, 0.29) is 12.5 Å². The molecule has 4 nitrogen and oxygen atoms in total. The lowest BCUT2D eigenvalue weighted by Crippen LogP contribution is -2.30. The number of anilines is 1. The number of carbonyl (C=O) groups excluding carboxylic acids is 1. The molecule has 0 atom stereocenters. The molecular formula is C18H22N2O2. The second-order valence-electron chi connectivity index (χ2n) is 5.40. The highest BCUT2D eigenvalue weighted by atomic mass is 16.5. The van der Waals surface area contributed by atoms with Crippen LogP contribution in [0, 0.1) is 13.8 Å². The first-order valence-corrected chi connectivity index (χ1v) is 7.36. The number of amides is 1. The van der Waals surface area contributed by atoms with Crippen LogP contribution in [0.4, 0.5) is 5.69 Å². The molecule has 0 aliphatic rings. The van der Waals surface area contributed by atoms with Crippen molar-refractivity contribution in [3.63, 3.8) is 0 Å². The van der Waals surface area contributed by atoms with Crippen LogP contribution in [-0.4, -0.2) is 19.1 Å². The van der Waals surface area contributed by atoms with Gasteiger partial charge in [0.05, 0.1) is 0 Å². The van der Waals surface area contributed by atoms with E-state index >= 15 is 0 Å². The summed E-state index contributed by atoms with van der Waals surface area (Å²) in [6, 6.07) is 13.6. The van der Waals surface area contributed by atoms with Gasteiger partial charge in [-0.25, -0.2) is 0 Å². The van der Waals surface area contributed by atoms with E-state index in [1.165, 1.54) is 5.56 Å². The summed E-state index contributed by atoms with van der Waals surface area (Å²) in [4.78, 5) is 11.8. The molecule has 22 heavy (non-hydrogen) atoms. The van der Waals surface area contributed by atoms with Crippen LogP contribution in [-0.2, 0) is 11.2 Å². The zero-order chi connectivity index (χ0) is 15.9. The number of ether oxygens (including phenoxy) is 1. The summed E-state index contributed by atoms with van der Waals surface area (Å²) < 4.78 is 5.54. The molecule has 0 spiro atoms. The van der Waals surface area contributed by atoms with Gasteiger partial charge in [0.15, 0.2) is 6.61 Å². The SMILES string of the molecule is Cc1ccc(OCC(=O)NCCc2ccc(N)cc2)c(C)c1. The summed E-state index contributed by atoms with van der Waals surface area (Å²) in [5.74, 6) is 0.634. The molecule has 0 fully saturated rings. The Labute approximate surface area is 131 Å². The Kier molecular flexibility index (Phi) is 5.42. The molecule has 2 aromatic rings. The molecule has 0 heterocycles. The lowest BCUT2D eigenvalue weighted by Gasteiger charge is -2.10. The topological polar surface area (TPSA) is 64.3 Å². The van der Waals surface area contributed by atoms with Gasteiger partial charge in [-0.3, -0.25) is 4.79 Å². The molecule has 0 unspecified atom stereocenters. The van der Waals surface area contributed by atoms with Crippen LogP contribution in [0.15, 0.2) is 42.5 Å². The maximum atomic E-state index is 11.8. The van der Waals surface area contributed by atoms with Crippen molar-refractivity contribution in [3.05, 3.63) is 59.2 Å². The van der Waals surface area contributed by atoms with Crippen molar-refractivity contribution in [2.24, 2.45) is 0 Å². The third-order valence-corrected chi connectivity index (χ3v) is 3.40. The molecule has 0 bridgehead atoms. The molecule has 0 saturated carbocycles. The summed E-state index contributed by atoms with van der Waals surface area (Å²) >= 11 is 0. The van der Waals surface area contributed by atoms with E-state index in [4.69, 9.17) is 10.5 Å². The van der Waals surface area contributed by atoms with Gasteiger partial charge in [-0.1, -0.05) is 29.8 Å². The fourth-order valence-corrected chi connectivity index (χ4v) is 2.19. The first-order valence-electron chi connectivity index (χ1n) is 7.36. The van der Waals surface area contributed by atoms with Crippen molar-refractivity contribution in [2.45, 2.75) is 20.3 Å². The van der Waals surface area contributed by atoms with Crippen molar-refractivity contribution >= 4 is 11.6 Å². The van der Waals surface area contributed by atoms with Crippen LogP contribution in [0.3, 0.4) is 0 Å². The number of nitrogen functional groups attached to an aromatic ring is 1. The Morgan fingerprint density at radius 3 is 2.55 bits per heavy atom. The summed E-state index contributed by atoms with van der Waals surface area (Å²) in [5.41, 5.74) is 9.74. The first kappa shape index (κ1) is 15.9. The monoisotopic (exact) mass is 298 g/mol.